The Hall–Kier alpha value is -0.841. The fourth-order valence-corrected chi connectivity index (χ4v) is 0.313. The topological polar surface area (TPSA) is 36.7 Å². The summed E-state index contributed by atoms with van der Waals surface area (Å²) in [6.07, 6.45) is 3.50. The maximum Gasteiger partial charge on any atom is 0.0587 e. The standard InChI is InChI=1S/C5H5N.C2H3N.Cu/c1-2-4-6-5-3-1;1-2-3;/h1-5H;1H3;. The third-order valence-electron chi connectivity index (χ3n) is 0.566. The molecule has 2 nitrogen and oxygen atoms in total. The normalized spacial score (nSPS) is 5.60. The molecule has 10 heavy (non-hydrogen) atoms. The summed E-state index contributed by atoms with van der Waals surface area (Å²) in [5.41, 5.74) is 0. The molecule has 0 aliphatic heterocycles. The number of hydrogen-bond donors (Lipinski definition) is 0. The van der Waals surface area contributed by atoms with Crippen LogP contribution in [-0.2, 0) is 17.1 Å². The van der Waals surface area contributed by atoms with E-state index in [1.165, 1.54) is 6.92 Å². The first-order chi connectivity index (χ1) is 4.41. The zero-order valence-corrected chi connectivity index (χ0v) is 6.52. The van der Waals surface area contributed by atoms with Crippen LogP contribution in [0, 0.1) is 11.3 Å². The van der Waals surface area contributed by atoms with Crippen LogP contribution in [0.3, 0.4) is 0 Å². The first-order valence-corrected chi connectivity index (χ1v) is 2.57. The Balaban J connectivity index is 0. The Morgan fingerprint density at radius 1 is 1.20 bits per heavy atom. The molecule has 57 valence electrons. The van der Waals surface area contributed by atoms with Crippen molar-refractivity contribution in [3.63, 3.8) is 0 Å². The summed E-state index contributed by atoms with van der Waals surface area (Å²) >= 11 is 0. The Labute approximate surface area is 71.4 Å². The summed E-state index contributed by atoms with van der Waals surface area (Å²) in [7, 11) is 0. The maximum atomic E-state index is 7.32. The summed E-state index contributed by atoms with van der Waals surface area (Å²) in [5.74, 6) is 0. The molecule has 0 atom stereocenters. The van der Waals surface area contributed by atoms with Crippen molar-refractivity contribution in [3.8, 4) is 6.07 Å². The van der Waals surface area contributed by atoms with Gasteiger partial charge < -0.3 is 0 Å². The van der Waals surface area contributed by atoms with E-state index >= 15 is 0 Å². The minimum atomic E-state index is 0. The van der Waals surface area contributed by atoms with Crippen molar-refractivity contribution in [3.05, 3.63) is 30.6 Å². The molecular formula is C7H8CuN2. The van der Waals surface area contributed by atoms with Gasteiger partial charge in [0.25, 0.3) is 0 Å². The number of hydrogen-bond acceptors (Lipinski definition) is 2. The summed E-state index contributed by atoms with van der Waals surface area (Å²) in [6, 6.07) is 7.47. The first-order valence-electron chi connectivity index (χ1n) is 2.57. The predicted molar refractivity (Wildman–Crippen MR) is 35.5 cm³/mol. The zero-order valence-electron chi connectivity index (χ0n) is 5.58. The Morgan fingerprint density at radius 2 is 1.60 bits per heavy atom. The molecule has 1 aromatic heterocycles. The monoisotopic (exact) mass is 183 g/mol. The molecule has 1 aromatic rings. The van der Waals surface area contributed by atoms with Crippen LogP contribution >= 0.6 is 0 Å². The van der Waals surface area contributed by atoms with Crippen LogP contribution in [0.25, 0.3) is 0 Å². The molecule has 1 heterocycles. The van der Waals surface area contributed by atoms with E-state index in [1.807, 2.05) is 18.2 Å². The van der Waals surface area contributed by atoms with Crippen LogP contribution in [0.4, 0.5) is 0 Å². The van der Waals surface area contributed by atoms with Gasteiger partial charge in [-0.15, -0.1) is 0 Å². The van der Waals surface area contributed by atoms with Gasteiger partial charge in [0.15, 0.2) is 0 Å². The van der Waals surface area contributed by atoms with E-state index in [2.05, 4.69) is 4.98 Å². The van der Waals surface area contributed by atoms with Crippen LogP contribution in [0.2, 0.25) is 0 Å². The van der Waals surface area contributed by atoms with E-state index in [-0.39, 0.29) is 17.1 Å². The molecule has 0 aromatic carbocycles. The smallest absolute Gasteiger partial charge is 0.0587 e. The summed E-state index contributed by atoms with van der Waals surface area (Å²) < 4.78 is 0. The third kappa shape index (κ3) is 10.2. The molecule has 0 bridgehead atoms. The second kappa shape index (κ2) is 11.0. The van der Waals surface area contributed by atoms with Crippen molar-refractivity contribution in [2.24, 2.45) is 0 Å². The number of aromatic nitrogens is 1. The van der Waals surface area contributed by atoms with E-state index in [0.717, 1.165) is 0 Å². The first kappa shape index (κ1) is 11.9. The molecule has 0 N–H and O–H groups in total. The number of rotatable bonds is 0. The number of pyridine rings is 1. The maximum absolute atomic E-state index is 7.32. The predicted octanol–water partition coefficient (Wildman–Crippen LogP) is 1.61. The quantitative estimate of drug-likeness (QED) is 0.573. The molecule has 0 aliphatic carbocycles. The molecule has 0 amide bonds. The van der Waals surface area contributed by atoms with Crippen molar-refractivity contribution in [1.29, 1.82) is 5.26 Å². The summed E-state index contributed by atoms with van der Waals surface area (Å²) in [4.78, 5) is 3.78. The Morgan fingerprint density at radius 3 is 1.70 bits per heavy atom. The van der Waals surface area contributed by atoms with Crippen LogP contribution in [-0.4, -0.2) is 4.98 Å². The van der Waals surface area contributed by atoms with E-state index < -0.39 is 0 Å². The molecule has 3 heteroatoms. The van der Waals surface area contributed by atoms with Gasteiger partial charge in [-0.25, -0.2) is 0 Å². The molecule has 1 rings (SSSR count). The SMILES string of the molecule is CC#N.[Cu].c1ccncc1. The minimum Gasteiger partial charge on any atom is -0.265 e. The number of nitriles is 1. The van der Waals surface area contributed by atoms with Crippen molar-refractivity contribution < 1.29 is 17.1 Å². The Kier molecular flexibility index (Phi) is 13.1. The van der Waals surface area contributed by atoms with Crippen molar-refractivity contribution >= 4 is 0 Å². The van der Waals surface area contributed by atoms with Crippen LogP contribution in [0.15, 0.2) is 30.6 Å². The van der Waals surface area contributed by atoms with E-state index in [1.54, 1.807) is 18.5 Å². The van der Waals surface area contributed by atoms with Gasteiger partial charge in [0.05, 0.1) is 6.07 Å². The van der Waals surface area contributed by atoms with E-state index in [0.29, 0.717) is 0 Å². The fourth-order valence-electron chi connectivity index (χ4n) is 0.313. The average molecular weight is 184 g/mol. The minimum absolute atomic E-state index is 0. The zero-order chi connectivity index (χ0) is 6.95. The third-order valence-corrected chi connectivity index (χ3v) is 0.566. The largest absolute Gasteiger partial charge is 0.265 e. The van der Waals surface area contributed by atoms with E-state index in [4.69, 9.17) is 5.26 Å². The van der Waals surface area contributed by atoms with Gasteiger partial charge in [-0.1, -0.05) is 6.07 Å². The summed E-state index contributed by atoms with van der Waals surface area (Å²) in [5, 5.41) is 7.32. The molecule has 1 radical (unpaired) electrons. The molecular weight excluding hydrogens is 176 g/mol. The molecule has 0 saturated carbocycles. The number of nitrogens with zero attached hydrogens (tertiary/aromatic N) is 2. The van der Waals surface area contributed by atoms with Gasteiger partial charge in [0, 0.05) is 36.4 Å². The van der Waals surface area contributed by atoms with Crippen molar-refractivity contribution in [1.82, 2.24) is 4.98 Å². The molecule has 0 unspecified atom stereocenters. The summed E-state index contributed by atoms with van der Waals surface area (Å²) in [6.45, 7) is 1.43. The van der Waals surface area contributed by atoms with Gasteiger partial charge in [-0.2, -0.15) is 5.26 Å². The van der Waals surface area contributed by atoms with Crippen molar-refractivity contribution in [2.75, 3.05) is 0 Å². The van der Waals surface area contributed by atoms with E-state index in [9.17, 15) is 0 Å². The fraction of sp³-hybridized carbons (Fsp3) is 0.143. The Bertz CT molecular complexity index is 142. The van der Waals surface area contributed by atoms with Gasteiger partial charge in [0.2, 0.25) is 0 Å². The molecule has 0 aliphatic rings. The van der Waals surface area contributed by atoms with Gasteiger partial charge in [0.1, 0.15) is 0 Å². The van der Waals surface area contributed by atoms with Gasteiger partial charge >= 0.3 is 0 Å². The second-order valence-corrected chi connectivity index (χ2v) is 1.25. The van der Waals surface area contributed by atoms with Gasteiger partial charge in [-0.3, -0.25) is 4.98 Å². The second-order valence-electron chi connectivity index (χ2n) is 1.25. The molecule has 0 saturated heterocycles. The molecule has 0 fully saturated rings. The van der Waals surface area contributed by atoms with Crippen molar-refractivity contribution in [2.45, 2.75) is 6.92 Å². The van der Waals surface area contributed by atoms with Gasteiger partial charge in [-0.05, 0) is 12.1 Å². The van der Waals surface area contributed by atoms with Crippen LogP contribution < -0.4 is 0 Å². The van der Waals surface area contributed by atoms with Crippen LogP contribution in [0.5, 0.6) is 0 Å². The molecule has 0 spiro atoms. The average Bonchev–Trinajstić information content (AvgIpc) is 1.93. The van der Waals surface area contributed by atoms with Crippen LogP contribution in [0.1, 0.15) is 6.92 Å².